The minimum atomic E-state index is -0.151. The van der Waals surface area contributed by atoms with E-state index in [-0.39, 0.29) is 11.1 Å². The smallest absolute Gasteiger partial charge is 0.271 e. The third kappa shape index (κ3) is 3.00. The second kappa shape index (κ2) is 6.10. The normalized spacial score (nSPS) is 16.6. The van der Waals surface area contributed by atoms with E-state index >= 15 is 0 Å². The largest absolute Gasteiger partial charge is 0.278 e. The van der Waals surface area contributed by atoms with Crippen LogP contribution in [0.3, 0.4) is 0 Å². The van der Waals surface area contributed by atoms with Crippen LogP contribution in [0.25, 0.3) is 6.08 Å². The number of hydrogen-bond donors (Lipinski definition) is 1. The Morgan fingerprint density at radius 2 is 1.73 bits per heavy atom. The average Bonchev–Trinajstić information content (AvgIpc) is 2.77. The number of nitrogens with zero attached hydrogens (tertiary/aromatic N) is 1. The zero-order chi connectivity index (χ0) is 15.7. The van der Waals surface area contributed by atoms with Crippen molar-refractivity contribution in [1.82, 2.24) is 0 Å². The fourth-order valence-electron chi connectivity index (χ4n) is 2.13. The van der Waals surface area contributed by atoms with Crippen LogP contribution in [0.5, 0.6) is 0 Å². The fourth-order valence-corrected chi connectivity index (χ4v) is 3.25. The first kappa shape index (κ1) is 15.1. The standard InChI is InChI=1S/C17H13BrN2OS/c1-11-2-8-14(9-3-11)20-16(21)15(22-17(20)19)10-12-4-6-13(18)7-5-12/h2-10,19H,1H3/b15-10-,19-17?. The van der Waals surface area contributed by atoms with Crippen LogP contribution in [-0.2, 0) is 4.79 Å². The Morgan fingerprint density at radius 3 is 2.36 bits per heavy atom. The average molecular weight is 373 g/mol. The summed E-state index contributed by atoms with van der Waals surface area (Å²) in [7, 11) is 0. The molecule has 1 aliphatic heterocycles. The molecule has 0 aromatic heterocycles. The van der Waals surface area contributed by atoms with Gasteiger partial charge in [-0.15, -0.1) is 0 Å². The molecule has 1 amide bonds. The molecule has 3 nitrogen and oxygen atoms in total. The van der Waals surface area contributed by atoms with Crippen LogP contribution in [-0.4, -0.2) is 11.1 Å². The lowest BCUT2D eigenvalue weighted by Crippen LogP contribution is -2.28. The molecule has 110 valence electrons. The predicted octanol–water partition coefficient (Wildman–Crippen LogP) is 4.81. The lowest BCUT2D eigenvalue weighted by molar-refractivity contribution is -0.113. The van der Waals surface area contributed by atoms with Gasteiger partial charge in [0.25, 0.3) is 5.91 Å². The van der Waals surface area contributed by atoms with Crippen molar-refractivity contribution >= 4 is 50.5 Å². The van der Waals surface area contributed by atoms with Crippen molar-refractivity contribution in [1.29, 1.82) is 5.41 Å². The summed E-state index contributed by atoms with van der Waals surface area (Å²) in [4.78, 5) is 14.6. The number of anilines is 1. The van der Waals surface area contributed by atoms with Crippen LogP contribution in [0.1, 0.15) is 11.1 Å². The van der Waals surface area contributed by atoms with Crippen molar-refractivity contribution in [2.45, 2.75) is 6.92 Å². The zero-order valence-corrected chi connectivity index (χ0v) is 14.2. The highest BCUT2D eigenvalue weighted by molar-refractivity contribution is 9.10. The van der Waals surface area contributed by atoms with Gasteiger partial charge in [-0.25, -0.2) is 0 Å². The first-order chi connectivity index (χ1) is 10.5. The Bertz CT molecular complexity index is 766. The topological polar surface area (TPSA) is 44.2 Å². The molecule has 0 atom stereocenters. The van der Waals surface area contributed by atoms with Gasteiger partial charge in [0.2, 0.25) is 0 Å². The molecule has 1 heterocycles. The monoisotopic (exact) mass is 372 g/mol. The number of thioether (sulfide) groups is 1. The van der Waals surface area contributed by atoms with Gasteiger partial charge < -0.3 is 0 Å². The third-order valence-corrected chi connectivity index (χ3v) is 4.70. The van der Waals surface area contributed by atoms with Crippen molar-refractivity contribution in [3.05, 3.63) is 69.0 Å². The number of hydrogen-bond acceptors (Lipinski definition) is 3. The maximum atomic E-state index is 12.6. The Labute approximate surface area is 141 Å². The molecule has 1 fully saturated rings. The van der Waals surface area contributed by atoms with E-state index in [0.29, 0.717) is 4.91 Å². The van der Waals surface area contributed by atoms with E-state index < -0.39 is 0 Å². The maximum Gasteiger partial charge on any atom is 0.271 e. The number of aryl methyl sites for hydroxylation is 1. The minimum absolute atomic E-state index is 0.151. The van der Waals surface area contributed by atoms with Gasteiger partial charge in [-0.2, -0.15) is 0 Å². The zero-order valence-electron chi connectivity index (χ0n) is 11.8. The number of nitrogens with one attached hydrogen (secondary N) is 1. The molecule has 1 saturated heterocycles. The molecule has 0 aliphatic carbocycles. The van der Waals surface area contributed by atoms with Gasteiger partial charge in [-0.05, 0) is 54.6 Å². The molecule has 1 N–H and O–H groups in total. The third-order valence-electron chi connectivity index (χ3n) is 3.28. The van der Waals surface area contributed by atoms with Gasteiger partial charge in [0.05, 0.1) is 10.6 Å². The van der Waals surface area contributed by atoms with E-state index in [4.69, 9.17) is 5.41 Å². The Kier molecular flexibility index (Phi) is 4.18. The van der Waals surface area contributed by atoms with Gasteiger partial charge in [0, 0.05) is 4.47 Å². The Hall–Kier alpha value is -1.85. The van der Waals surface area contributed by atoms with E-state index in [1.165, 1.54) is 16.7 Å². The van der Waals surface area contributed by atoms with E-state index in [1.54, 1.807) is 0 Å². The number of carbonyl (C=O) groups is 1. The van der Waals surface area contributed by atoms with Crippen molar-refractivity contribution in [2.24, 2.45) is 0 Å². The number of amides is 1. The Morgan fingerprint density at radius 1 is 1.09 bits per heavy atom. The summed E-state index contributed by atoms with van der Waals surface area (Å²) >= 11 is 4.58. The highest BCUT2D eigenvalue weighted by Crippen LogP contribution is 2.35. The maximum absolute atomic E-state index is 12.6. The molecule has 0 unspecified atom stereocenters. The predicted molar refractivity (Wildman–Crippen MR) is 96.1 cm³/mol. The van der Waals surface area contributed by atoms with E-state index in [0.717, 1.165) is 21.3 Å². The second-order valence-electron chi connectivity index (χ2n) is 4.94. The van der Waals surface area contributed by atoms with Crippen molar-refractivity contribution in [2.75, 3.05) is 4.90 Å². The van der Waals surface area contributed by atoms with Crippen LogP contribution in [0.15, 0.2) is 57.9 Å². The van der Waals surface area contributed by atoms with E-state index in [1.807, 2.05) is 61.5 Å². The number of carbonyl (C=O) groups excluding carboxylic acids is 1. The highest BCUT2D eigenvalue weighted by atomic mass is 79.9. The van der Waals surface area contributed by atoms with E-state index in [9.17, 15) is 4.79 Å². The van der Waals surface area contributed by atoms with Crippen LogP contribution in [0, 0.1) is 12.3 Å². The van der Waals surface area contributed by atoms with Gasteiger partial charge >= 0.3 is 0 Å². The molecule has 3 rings (SSSR count). The summed E-state index contributed by atoms with van der Waals surface area (Å²) in [5, 5.41) is 8.31. The molecule has 0 bridgehead atoms. The highest BCUT2D eigenvalue weighted by Gasteiger charge is 2.33. The molecular formula is C17H13BrN2OS. The fraction of sp³-hybridized carbons (Fsp3) is 0.0588. The summed E-state index contributed by atoms with van der Waals surface area (Å²) in [6.07, 6.45) is 1.82. The molecule has 1 aliphatic rings. The van der Waals surface area contributed by atoms with Gasteiger partial charge in [0.1, 0.15) is 0 Å². The van der Waals surface area contributed by atoms with Crippen LogP contribution < -0.4 is 4.90 Å². The van der Waals surface area contributed by atoms with Crippen molar-refractivity contribution in [3.63, 3.8) is 0 Å². The summed E-state index contributed by atoms with van der Waals surface area (Å²) in [5.74, 6) is -0.151. The lowest BCUT2D eigenvalue weighted by atomic mass is 10.2. The number of rotatable bonds is 2. The molecular weight excluding hydrogens is 360 g/mol. The number of benzene rings is 2. The summed E-state index contributed by atoms with van der Waals surface area (Å²) < 4.78 is 0.995. The van der Waals surface area contributed by atoms with Crippen LogP contribution in [0.2, 0.25) is 0 Å². The molecule has 2 aromatic carbocycles. The first-order valence-electron chi connectivity index (χ1n) is 6.69. The molecule has 0 spiro atoms. The van der Waals surface area contributed by atoms with E-state index in [2.05, 4.69) is 15.9 Å². The Balaban J connectivity index is 1.91. The molecule has 0 saturated carbocycles. The quantitative estimate of drug-likeness (QED) is 0.768. The molecule has 0 radical (unpaired) electrons. The lowest BCUT2D eigenvalue weighted by Gasteiger charge is -2.14. The van der Waals surface area contributed by atoms with Gasteiger partial charge in [0.15, 0.2) is 5.17 Å². The van der Waals surface area contributed by atoms with Crippen molar-refractivity contribution < 1.29 is 4.79 Å². The van der Waals surface area contributed by atoms with Gasteiger partial charge in [-0.3, -0.25) is 15.1 Å². The second-order valence-corrected chi connectivity index (χ2v) is 6.89. The first-order valence-corrected chi connectivity index (χ1v) is 8.30. The number of amidine groups is 1. The van der Waals surface area contributed by atoms with Crippen LogP contribution in [0.4, 0.5) is 5.69 Å². The number of halogens is 1. The van der Waals surface area contributed by atoms with Crippen LogP contribution >= 0.6 is 27.7 Å². The molecule has 5 heteroatoms. The minimum Gasteiger partial charge on any atom is -0.278 e. The summed E-state index contributed by atoms with van der Waals surface area (Å²) in [6.45, 7) is 1.99. The van der Waals surface area contributed by atoms with Crippen molar-refractivity contribution in [3.8, 4) is 0 Å². The summed E-state index contributed by atoms with van der Waals surface area (Å²) in [6, 6.07) is 15.3. The molecule has 22 heavy (non-hydrogen) atoms. The molecule has 2 aromatic rings. The SMILES string of the molecule is Cc1ccc(N2C(=N)S/C(=C\c3ccc(Br)cc3)C2=O)cc1. The summed E-state index contributed by atoms with van der Waals surface area (Å²) in [5.41, 5.74) is 2.80. The van der Waals surface area contributed by atoms with Gasteiger partial charge in [-0.1, -0.05) is 45.8 Å².